The van der Waals surface area contributed by atoms with Crippen molar-refractivity contribution in [1.82, 2.24) is 4.98 Å². The molecule has 0 N–H and O–H groups in total. The van der Waals surface area contributed by atoms with E-state index in [1.54, 1.807) is 0 Å². The molecule has 0 radical (unpaired) electrons. The second-order valence-electron chi connectivity index (χ2n) is 6.39. The van der Waals surface area contributed by atoms with E-state index in [2.05, 4.69) is 89.6 Å². The lowest BCUT2D eigenvalue weighted by Gasteiger charge is -2.12. The number of rotatable bonds is 2. The van der Waals surface area contributed by atoms with Crippen LogP contribution in [0, 0.1) is 20.8 Å². The molecule has 122 valence electrons. The van der Waals surface area contributed by atoms with Crippen molar-refractivity contribution >= 4 is 10.8 Å². The van der Waals surface area contributed by atoms with Gasteiger partial charge in [0.15, 0.2) is 11.9 Å². The van der Waals surface area contributed by atoms with Gasteiger partial charge in [0.2, 0.25) is 5.69 Å². The second-order valence-corrected chi connectivity index (χ2v) is 6.39. The number of fused-ring (bicyclic) bond motifs is 1. The smallest absolute Gasteiger partial charge is 0.199 e. The van der Waals surface area contributed by atoms with Gasteiger partial charge in [-0.05, 0) is 19.2 Å². The largest absolute Gasteiger partial charge is 0.291 e. The predicted octanol–water partition coefficient (Wildman–Crippen LogP) is 3.71. The van der Waals surface area contributed by atoms with Crippen LogP contribution in [0.1, 0.15) is 17.0 Å². The van der Waals surface area contributed by atoms with Crippen molar-refractivity contribution in [2.45, 2.75) is 20.8 Å². The molecule has 2 aromatic carbocycles. The van der Waals surface area contributed by atoms with Crippen molar-refractivity contribution in [2.24, 2.45) is 0 Å². The molecule has 0 aliphatic rings. The van der Waals surface area contributed by atoms with E-state index in [1.807, 2.05) is 18.6 Å². The zero-order chi connectivity index (χ0) is 17.4. The average molecular weight is 327 g/mol. The van der Waals surface area contributed by atoms with Gasteiger partial charge in [0, 0.05) is 36.6 Å². The van der Waals surface area contributed by atoms with Crippen LogP contribution < -0.4 is 9.13 Å². The number of nitrogens with zero attached hydrogens (tertiary/aromatic N) is 3. The van der Waals surface area contributed by atoms with Gasteiger partial charge >= 0.3 is 0 Å². The molecule has 0 aliphatic heterocycles. The summed E-state index contributed by atoms with van der Waals surface area (Å²) in [4.78, 5) is 4.35. The van der Waals surface area contributed by atoms with E-state index in [0.717, 1.165) is 5.69 Å². The van der Waals surface area contributed by atoms with E-state index in [0.29, 0.717) is 0 Å². The van der Waals surface area contributed by atoms with Crippen molar-refractivity contribution in [2.75, 3.05) is 0 Å². The first-order valence-electron chi connectivity index (χ1n) is 8.49. The summed E-state index contributed by atoms with van der Waals surface area (Å²) < 4.78 is 4.43. The van der Waals surface area contributed by atoms with Crippen LogP contribution in [0.25, 0.3) is 22.1 Å². The third kappa shape index (κ3) is 2.58. The molecule has 0 spiro atoms. The van der Waals surface area contributed by atoms with E-state index < -0.39 is 0 Å². The molecule has 3 nitrogen and oxygen atoms in total. The third-order valence-electron chi connectivity index (χ3n) is 4.78. The highest BCUT2D eigenvalue weighted by molar-refractivity contribution is 5.91. The molecular weight excluding hydrogens is 306 g/mol. The highest BCUT2D eigenvalue weighted by Crippen LogP contribution is 2.26. The van der Waals surface area contributed by atoms with Crippen LogP contribution in [-0.4, -0.2) is 4.98 Å². The molecule has 0 saturated carbocycles. The van der Waals surface area contributed by atoms with Crippen molar-refractivity contribution in [3.8, 4) is 11.4 Å². The molecule has 3 heteroatoms. The molecule has 0 atom stereocenters. The first-order chi connectivity index (χ1) is 12.2. The van der Waals surface area contributed by atoms with Crippen LogP contribution in [0.5, 0.6) is 0 Å². The fourth-order valence-corrected chi connectivity index (χ4v) is 3.44. The van der Waals surface area contributed by atoms with Gasteiger partial charge in [-0.3, -0.25) is 0 Å². The maximum atomic E-state index is 4.35. The lowest BCUT2D eigenvalue weighted by Crippen LogP contribution is -2.39. The lowest BCUT2D eigenvalue weighted by atomic mass is 10.0. The minimum Gasteiger partial charge on any atom is -0.199 e. The maximum Gasteiger partial charge on any atom is 0.291 e. The standard InChI is InChI=1S/C22H21N3/c1-16-8-6-7-13-24(16)21-14-19-9-4-5-10-20(19)22(18(21)3)25-15-23-12-11-17(25)2/h4-15H,1-3H3/q+2. The van der Waals surface area contributed by atoms with Crippen LogP contribution in [0.3, 0.4) is 0 Å². The van der Waals surface area contributed by atoms with E-state index in [1.165, 1.54) is 33.4 Å². The van der Waals surface area contributed by atoms with Gasteiger partial charge in [0.05, 0.1) is 5.56 Å². The lowest BCUT2D eigenvalue weighted by molar-refractivity contribution is -0.612. The minimum absolute atomic E-state index is 1.16. The summed E-state index contributed by atoms with van der Waals surface area (Å²) in [5, 5.41) is 2.46. The zero-order valence-corrected chi connectivity index (χ0v) is 14.8. The molecule has 0 fully saturated rings. The van der Waals surface area contributed by atoms with Crippen LogP contribution in [0.2, 0.25) is 0 Å². The van der Waals surface area contributed by atoms with Gasteiger partial charge in [0.1, 0.15) is 17.6 Å². The summed E-state index contributed by atoms with van der Waals surface area (Å²) in [7, 11) is 0. The van der Waals surface area contributed by atoms with Gasteiger partial charge in [-0.15, -0.1) is 0 Å². The number of aromatic nitrogens is 3. The molecule has 25 heavy (non-hydrogen) atoms. The van der Waals surface area contributed by atoms with Gasteiger partial charge in [-0.25, -0.2) is 0 Å². The van der Waals surface area contributed by atoms with E-state index in [9.17, 15) is 0 Å². The fraction of sp³-hybridized carbons (Fsp3) is 0.136. The summed E-state index contributed by atoms with van der Waals surface area (Å²) >= 11 is 0. The Morgan fingerprint density at radius 1 is 0.800 bits per heavy atom. The van der Waals surface area contributed by atoms with Gasteiger partial charge in [-0.1, -0.05) is 35.3 Å². The molecule has 4 aromatic rings. The van der Waals surface area contributed by atoms with Crippen molar-refractivity contribution in [3.63, 3.8) is 0 Å². The van der Waals surface area contributed by atoms with Crippen molar-refractivity contribution in [3.05, 3.63) is 90.3 Å². The summed E-state index contributed by atoms with van der Waals surface area (Å²) in [5.74, 6) is 0. The normalized spacial score (nSPS) is 11.0. The second kappa shape index (κ2) is 6.10. The van der Waals surface area contributed by atoms with Crippen LogP contribution in [0.4, 0.5) is 0 Å². The Balaban J connectivity index is 2.13. The highest BCUT2D eigenvalue weighted by atomic mass is 15.0. The van der Waals surface area contributed by atoms with E-state index >= 15 is 0 Å². The predicted molar refractivity (Wildman–Crippen MR) is 99.0 cm³/mol. The quantitative estimate of drug-likeness (QED) is 0.514. The SMILES string of the molecule is Cc1c(-[n+]2ccccc2C)cc2ccccc2c1-[n+]1cnccc1C. The van der Waals surface area contributed by atoms with E-state index in [-0.39, 0.29) is 0 Å². The van der Waals surface area contributed by atoms with Gasteiger partial charge < -0.3 is 0 Å². The Morgan fingerprint density at radius 2 is 1.56 bits per heavy atom. The first kappa shape index (κ1) is 15.5. The highest BCUT2D eigenvalue weighted by Gasteiger charge is 2.23. The molecular formula is C22H21N3+2. The Kier molecular flexibility index (Phi) is 3.77. The first-order valence-corrected chi connectivity index (χ1v) is 8.49. The number of benzene rings is 2. The minimum atomic E-state index is 1.16. The summed E-state index contributed by atoms with van der Waals surface area (Å²) in [6.07, 6.45) is 5.86. The molecule has 0 bridgehead atoms. The van der Waals surface area contributed by atoms with Crippen LogP contribution in [-0.2, 0) is 0 Å². The summed E-state index contributed by atoms with van der Waals surface area (Å²) in [5.41, 5.74) is 5.99. The van der Waals surface area contributed by atoms with Crippen molar-refractivity contribution in [1.29, 1.82) is 0 Å². The van der Waals surface area contributed by atoms with E-state index in [4.69, 9.17) is 0 Å². The Labute approximate surface area is 147 Å². The molecule has 2 aromatic heterocycles. The third-order valence-corrected chi connectivity index (χ3v) is 4.78. The number of hydrogen-bond donors (Lipinski definition) is 0. The molecule has 4 rings (SSSR count). The molecule has 0 saturated heterocycles. The Hall–Kier alpha value is -3.07. The number of pyridine rings is 1. The molecule has 0 amide bonds. The van der Waals surface area contributed by atoms with Crippen molar-refractivity contribution < 1.29 is 9.13 Å². The topological polar surface area (TPSA) is 20.6 Å². The maximum absolute atomic E-state index is 4.35. The van der Waals surface area contributed by atoms with Gasteiger partial charge in [0.25, 0.3) is 6.33 Å². The number of aryl methyl sites for hydroxylation is 2. The Morgan fingerprint density at radius 3 is 2.36 bits per heavy atom. The molecule has 0 unspecified atom stereocenters. The van der Waals surface area contributed by atoms with Crippen LogP contribution in [0.15, 0.2) is 73.3 Å². The zero-order valence-electron chi connectivity index (χ0n) is 14.8. The summed E-state index contributed by atoms with van der Waals surface area (Å²) in [6.45, 7) is 6.44. The number of hydrogen-bond acceptors (Lipinski definition) is 1. The Bertz CT molecular complexity index is 1080. The monoisotopic (exact) mass is 327 g/mol. The molecule has 2 heterocycles. The fourth-order valence-electron chi connectivity index (χ4n) is 3.44. The molecule has 0 aliphatic carbocycles. The van der Waals surface area contributed by atoms with Gasteiger partial charge in [-0.2, -0.15) is 9.13 Å². The van der Waals surface area contributed by atoms with Crippen LogP contribution >= 0.6 is 0 Å². The summed E-state index contributed by atoms with van der Waals surface area (Å²) in [6, 6.07) is 19.1. The average Bonchev–Trinajstić information content (AvgIpc) is 2.63.